The van der Waals surface area contributed by atoms with Crippen molar-refractivity contribution in [3.05, 3.63) is 35.9 Å². The molecule has 0 amide bonds. The van der Waals surface area contributed by atoms with Crippen LogP contribution in [0.1, 0.15) is 23.2 Å². The molecule has 5 aliphatic carbocycles. The summed E-state index contributed by atoms with van der Waals surface area (Å²) in [6.07, 6.45) is -5.77. The molecule has 0 radical (unpaired) electrons. The maximum absolute atomic E-state index is 13.5. The van der Waals surface area contributed by atoms with E-state index in [1.54, 1.807) is 44.6 Å². The van der Waals surface area contributed by atoms with Crippen molar-refractivity contribution in [2.45, 2.75) is 66.7 Å². The van der Waals surface area contributed by atoms with Crippen molar-refractivity contribution < 1.29 is 49.3 Å². The summed E-state index contributed by atoms with van der Waals surface area (Å²) in [5, 5.41) is 59.9. The Hall–Kier alpha value is -1.67. The topological polar surface area (TPSA) is 158 Å². The van der Waals surface area contributed by atoms with E-state index in [1.165, 1.54) is 7.11 Å². The SMILES string of the molecule is COC1[C@@H]2[C@]3(CO)CN(C)[C@@H]4[C@H]1[C@@]1(O)C(O)C(OC)[C@]5(O)C[C@H]([C@@H]1C5OC(=O)c1ccccc1)[C@]24C(OC)CC3O. The predicted molar refractivity (Wildman–Crippen MR) is 142 cm³/mol. The number of esters is 1. The molecule has 1 saturated heterocycles. The minimum absolute atomic E-state index is 0.0593. The number of rotatable bonds is 6. The molecule has 11 heteroatoms. The van der Waals surface area contributed by atoms with E-state index in [2.05, 4.69) is 4.90 Å². The minimum Gasteiger partial charge on any atom is -0.455 e. The summed E-state index contributed by atoms with van der Waals surface area (Å²) < 4.78 is 24.3. The molecular formula is C30H41NO10. The molecule has 6 unspecified atom stereocenters. The summed E-state index contributed by atoms with van der Waals surface area (Å²) in [6.45, 7) is 0.0545. The number of methoxy groups -OCH3 is 3. The highest BCUT2D eigenvalue weighted by molar-refractivity contribution is 5.89. The van der Waals surface area contributed by atoms with E-state index in [-0.39, 0.29) is 25.5 Å². The van der Waals surface area contributed by atoms with Crippen LogP contribution in [0.25, 0.3) is 0 Å². The van der Waals surface area contributed by atoms with Crippen LogP contribution in [0.4, 0.5) is 0 Å². The van der Waals surface area contributed by atoms with Gasteiger partial charge in [0.2, 0.25) is 0 Å². The third-order valence-electron chi connectivity index (χ3n) is 12.5. The van der Waals surface area contributed by atoms with Gasteiger partial charge in [0.05, 0.1) is 30.5 Å². The van der Waals surface area contributed by atoms with Crippen LogP contribution in [0.2, 0.25) is 0 Å². The fourth-order valence-electron chi connectivity index (χ4n) is 11.5. The second-order valence-corrected chi connectivity index (χ2v) is 13.4. The lowest BCUT2D eigenvalue weighted by Crippen LogP contribution is -2.80. The van der Waals surface area contributed by atoms with Gasteiger partial charge in [0.15, 0.2) is 0 Å². The lowest BCUT2D eigenvalue weighted by atomic mass is 9.42. The quantitative estimate of drug-likeness (QED) is 0.266. The third-order valence-corrected chi connectivity index (χ3v) is 12.5. The maximum atomic E-state index is 13.5. The Kier molecular flexibility index (Phi) is 6.13. The largest absolute Gasteiger partial charge is 0.455 e. The molecular weight excluding hydrogens is 534 g/mol. The molecule has 226 valence electrons. The number of likely N-dealkylation sites (tertiary alicyclic amines) is 1. The van der Waals surface area contributed by atoms with Crippen LogP contribution < -0.4 is 0 Å². The highest BCUT2D eigenvalue weighted by atomic mass is 16.6. The Morgan fingerprint density at radius 3 is 2.34 bits per heavy atom. The van der Waals surface area contributed by atoms with Gasteiger partial charge in [-0.3, -0.25) is 0 Å². The van der Waals surface area contributed by atoms with Gasteiger partial charge in [0, 0.05) is 68.9 Å². The number of piperidine rings is 1. The van der Waals surface area contributed by atoms with Crippen molar-refractivity contribution >= 4 is 5.97 Å². The summed E-state index contributed by atoms with van der Waals surface area (Å²) in [6, 6.07) is 8.09. The average molecular weight is 576 g/mol. The van der Waals surface area contributed by atoms with Gasteiger partial charge in [-0.2, -0.15) is 0 Å². The zero-order chi connectivity index (χ0) is 29.3. The van der Waals surface area contributed by atoms with E-state index in [4.69, 9.17) is 18.9 Å². The smallest absolute Gasteiger partial charge is 0.338 e. The monoisotopic (exact) mass is 575 g/mol. The number of aliphatic hydroxyl groups is 5. The van der Waals surface area contributed by atoms with E-state index in [0.29, 0.717) is 12.1 Å². The number of nitrogens with zero attached hydrogens (tertiary/aromatic N) is 1. The van der Waals surface area contributed by atoms with E-state index in [9.17, 15) is 30.3 Å². The van der Waals surface area contributed by atoms with Gasteiger partial charge in [0.25, 0.3) is 0 Å². The molecule has 0 aromatic heterocycles. The van der Waals surface area contributed by atoms with Gasteiger partial charge in [0.1, 0.15) is 29.5 Å². The lowest BCUT2D eigenvalue weighted by molar-refractivity contribution is -0.318. The number of benzene rings is 1. The Balaban J connectivity index is 1.47. The van der Waals surface area contributed by atoms with Gasteiger partial charge in [-0.25, -0.2) is 4.79 Å². The molecule has 1 aromatic carbocycles. The fourth-order valence-corrected chi connectivity index (χ4v) is 11.5. The van der Waals surface area contributed by atoms with Crippen molar-refractivity contribution in [2.75, 3.05) is 41.5 Å². The summed E-state index contributed by atoms with van der Waals surface area (Å²) in [5.41, 5.74) is -5.21. The second kappa shape index (κ2) is 8.93. The van der Waals surface area contributed by atoms with Crippen LogP contribution >= 0.6 is 0 Å². The molecule has 6 fully saturated rings. The van der Waals surface area contributed by atoms with Gasteiger partial charge in [-0.1, -0.05) is 18.2 Å². The van der Waals surface area contributed by atoms with Crippen LogP contribution in [0, 0.1) is 34.5 Å². The molecule has 41 heavy (non-hydrogen) atoms. The number of carbonyl (C=O) groups is 1. The van der Waals surface area contributed by atoms with Gasteiger partial charge in [-0.05, 0) is 31.5 Å². The highest BCUT2D eigenvalue weighted by Crippen LogP contribution is 2.79. The van der Waals surface area contributed by atoms with Gasteiger partial charge >= 0.3 is 5.97 Å². The van der Waals surface area contributed by atoms with Crippen LogP contribution in [-0.2, 0) is 18.9 Å². The molecule has 7 bridgehead atoms. The number of aliphatic hydroxyl groups excluding tert-OH is 3. The Morgan fingerprint density at radius 2 is 1.73 bits per heavy atom. The van der Waals surface area contributed by atoms with Crippen molar-refractivity contribution in [1.82, 2.24) is 4.90 Å². The molecule has 1 aliphatic heterocycles. The van der Waals surface area contributed by atoms with E-state index < -0.39 is 88.3 Å². The first kappa shape index (κ1) is 28.1. The summed E-state index contributed by atoms with van der Waals surface area (Å²) in [7, 11) is 6.42. The zero-order valence-electron chi connectivity index (χ0n) is 23.8. The first-order valence-electron chi connectivity index (χ1n) is 14.5. The zero-order valence-corrected chi connectivity index (χ0v) is 23.8. The fraction of sp³-hybridized carbons (Fsp3) is 0.767. The number of carbonyl (C=O) groups excluding carboxylic acids is 1. The summed E-state index contributed by atoms with van der Waals surface area (Å²) in [4.78, 5) is 15.5. The molecule has 11 nitrogen and oxygen atoms in total. The van der Waals surface area contributed by atoms with Crippen molar-refractivity contribution in [1.29, 1.82) is 0 Å². The molecule has 15 atom stereocenters. The molecule has 1 aromatic rings. The molecule has 7 rings (SSSR count). The number of fused-ring (bicyclic) bond motifs is 2. The number of hydrogen-bond donors (Lipinski definition) is 5. The predicted octanol–water partition coefficient (Wildman–Crippen LogP) is -0.967. The Bertz CT molecular complexity index is 1220. The van der Waals surface area contributed by atoms with Crippen LogP contribution in [0.15, 0.2) is 30.3 Å². The number of ether oxygens (including phenoxy) is 4. The Morgan fingerprint density at radius 1 is 1.02 bits per heavy atom. The van der Waals surface area contributed by atoms with E-state index >= 15 is 0 Å². The molecule has 6 aliphatic rings. The lowest BCUT2D eigenvalue weighted by Gasteiger charge is -2.69. The second-order valence-electron chi connectivity index (χ2n) is 13.4. The van der Waals surface area contributed by atoms with Crippen molar-refractivity contribution in [3.8, 4) is 0 Å². The standard InChI is InChI=1S/C30H41NO10/c1-31-12-27(13-32)16(33)10-17(38-2)29-15-11-28(36)24(41-26(35)14-8-6-5-7-9-14)18(15)30(37,23(34)25(28)40-4)19(22(29)31)20(39-3)21(27)29/h5-9,15-25,32-34,36-37H,10-13H2,1-4H3/t15-,16?,17?,18-,19+,20?,21-,22-,23?,24?,25?,27+,28+,29+,30-/m1/s1. The van der Waals surface area contributed by atoms with E-state index in [1.807, 2.05) is 7.05 Å². The van der Waals surface area contributed by atoms with Gasteiger partial charge < -0.3 is 49.4 Å². The normalized spacial score (nSPS) is 54.7. The van der Waals surface area contributed by atoms with E-state index in [0.717, 1.165) is 0 Å². The third kappa shape index (κ3) is 2.93. The minimum atomic E-state index is -1.90. The molecule has 1 spiro atoms. The number of hydrogen-bond acceptors (Lipinski definition) is 11. The Labute approximate surface area is 239 Å². The molecule has 5 N–H and O–H groups in total. The summed E-state index contributed by atoms with van der Waals surface area (Å²) >= 11 is 0. The first-order chi connectivity index (χ1) is 19.5. The van der Waals surface area contributed by atoms with Crippen LogP contribution in [0.5, 0.6) is 0 Å². The van der Waals surface area contributed by atoms with Crippen molar-refractivity contribution in [3.63, 3.8) is 0 Å². The maximum Gasteiger partial charge on any atom is 0.338 e. The average Bonchev–Trinajstić information content (AvgIpc) is 3.36. The highest BCUT2D eigenvalue weighted by Gasteiger charge is 2.91. The summed E-state index contributed by atoms with van der Waals surface area (Å²) in [5.74, 6) is -3.26. The van der Waals surface area contributed by atoms with Crippen LogP contribution in [-0.4, -0.2) is 132 Å². The molecule has 5 saturated carbocycles. The van der Waals surface area contributed by atoms with Crippen molar-refractivity contribution in [2.24, 2.45) is 34.5 Å². The van der Waals surface area contributed by atoms with Gasteiger partial charge in [-0.15, -0.1) is 0 Å². The first-order valence-corrected chi connectivity index (χ1v) is 14.5. The van der Waals surface area contributed by atoms with Crippen LogP contribution in [0.3, 0.4) is 0 Å². The molecule has 1 heterocycles.